The van der Waals surface area contributed by atoms with E-state index >= 15 is 0 Å². The third-order valence-electron chi connectivity index (χ3n) is 6.20. The number of nitrogens with zero attached hydrogens (tertiary/aromatic N) is 3. The van der Waals surface area contributed by atoms with Gasteiger partial charge in [-0.3, -0.25) is 14.2 Å². The number of carbonyl (C=O) groups excluding carboxylic acids is 1. The summed E-state index contributed by atoms with van der Waals surface area (Å²) in [4.78, 5) is 34.2. The summed E-state index contributed by atoms with van der Waals surface area (Å²) in [6.07, 6.45) is 1.33. The molecule has 0 aliphatic heterocycles. The van der Waals surface area contributed by atoms with Gasteiger partial charge in [-0.1, -0.05) is 58.9 Å². The van der Waals surface area contributed by atoms with Crippen molar-refractivity contribution >= 4 is 16.8 Å². The molecule has 0 bridgehead atoms. The van der Waals surface area contributed by atoms with Crippen molar-refractivity contribution in [1.82, 2.24) is 14.5 Å². The molecule has 0 saturated carbocycles. The van der Waals surface area contributed by atoms with Gasteiger partial charge in [-0.15, -0.1) is 0 Å². The van der Waals surface area contributed by atoms with Crippen LogP contribution in [0.4, 0.5) is 0 Å². The lowest BCUT2D eigenvalue weighted by Crippen LogP contribution is -2.39. The minimum absolute atomic E-state index is 0.0931. The van der Waals surface area contributed by atoms with Crippen molar-refractivity contribution in [1.29, 1.82) is 0 Å². The molecule has 1 atom stereocenters. The van der Waals surface area contributed by atoms with Crippen LogP contribution < -0.4 is 5.56 Å². The van der Waals surface area contributed by atoms with E-state index in [2.05, 4.69) is 34.6 Å². The molecule has 34 heavy (non-hydrogen) atoms. The van der Waals surface area contributed by atoms with Gasteiger partial charge in [0.2, 0.25) is 5.91 Å². The number of benzene rings is 2. The fourth-order valence-electron chi connectivity index (χ4n) is 4.25. The molecule has 0 fully saturated rings. The van der Waals surface area contributed by atoms with E-state index in [1.807, 2.05) is 68.1 Å². The summed E-state index contributed by atoms with van der Waals surface area (Å²) < 4.78 is 1.72. The van der Waals surface area contributed by atoms with Gasteiger partial charge in [-0.05, 0) is 67.9 Å². The number of amides is 1. The second-order valence-corrected chi connectivity index (χ2v) is 11.1. The van der Waals surface area contributed by atoms with Gasteiger partial charge in [0.25, 0.3) is 5.56 Å². The zero-order valence-electron chi connectivity index (χ0n) is 22.0. The molecule has 0 saturated heterocycles. The summed E-state index contributed by atoms with van der Waals surface area (Å²) in [5.74, 6) is 1.15. The molecule has 182 valence electrons. The summed E-state index contributed by atoms with van der Waals surface area (Å²) in [6.45, 7) is 17.2. The Morgan fingerprint density at radius 2 is 1.74 bits per heavy atom. The second kappa shape index (κ2) is 10.1. The number of rotatable bonds is 7. The summed E-state index contributed by atoms with van der Waals surface area (Å²) in [5, 5.41) is 0.578. The lowest BCUT2D eigenvalue weighted by molar-refractivity contribution is -0.135. The van der Waals surface area contributed by atoms with Gasteiger partial charge < -0.3 is 4.90 Å². The molecule has 5 nitrogen and oxygen atoms in total. The van der Waals surface area contributed by atoms with Gasteiger partial charge in [0.15, 0.2) is 0 Å². The normalized spacial score (nSPS) is 12.9. The van der Waals surface area contributed by atoms with E-state index in [-0.39, 0.29) is 22.9 Å². The first-order chi connectivity index (χ1) is 15.9. The van der Waals surface area contributed by atoms with Gasteiger partial charge in [0.1, 0.15) is 5.82 Å². The van der Waals surface area contributed by atoms with Crippen LogP contribution >= 0.6 is 0 Å². The molecule has 0 aliphatic rings. The Hall–Kier alpha value is -2.95. The minimum Gasteiger partial charge on any atom is -0.333 e. The van der Waals surface area contributed by atoms with Crippen molar-refractivity contribution in [3.63, 3.8) is 0 Å². The van der Waals surface area contributed by atoms with Crippen LogP contribution in [0.5, 0.6) is 0 Å². The van der Waals surface area contributed by atoms with Crippen LogP contribution in [0.1, 0.15) is 77.4 Å². The average molecular weight is 462 g/mol. The number of aryl methyl sites for hydroxylation is 2. The topological polar surface area (TPSA) is 55.2 Å². The highest BCUT2D eigenvalue weighted by molar-refractivity contribution is 5.79. The highest BCUT2D eigenvalue weighted by atomic mass is 16.2. The van der Waals surface area contributed by atoms with E-state index in [9.17, 15) is 9.59 Å². The molecule has 1 aromatic heterocycles. The van der Waals surface area contributed by atoms with Crippen LogP contribution in [0.3, 0.4) is 0 Å². The van der Waals surface area contributed by atoms with Crippen LogP contribution in [0, 0.1) is 25.2 Å². The highest BCUT2D eigenvalue weighted by Crippen LogP contribution is 2.28. The van der Waals surface area contributed by atoms with Crippen LogP contribution in [-0.2, 0) is 4.79 Å². The van der Waals surface area contributed by atoms with Crippen molar-refractivity contribution in [2.75, 3.05) is 6.54 Å². The number of hydrogen-bond donors (Lipinski definition) is 0. The van der Waals surface area contributed by atoms with Gasteiger partial charge >= 0.3 is 0 Å². The molecule has 0 radical (unpaired) electrons. The number of hydrogen-bond acceptors (Lipinski definition) is 3. The third kappa shape index (κ3) is 5.75. The average Bonchev–Trinajstić information content (AvgIpc) is 2.74. The smallest absolute Gasteiger partial charge is 0.266 e. The fraction of sp³-hybridized carbons (Fsp3) is 0.483. The summed E-state index contributed by atoms with van der Waals surface area (Å²) >= 11 is 0. The maximum Gasteiger partial charge on any atom is 0.266 e. The molecule has 0 aliphatic carbocycles. The Bertz CT molecular complexity index is 1230. The van der Waals surface area contributed by atoms with E-state index in [1.54, 1.807) is 4.57 Å². The zero-order chi connectivity index (χ0) is 25.2. The molecule has 0 spiro atoms. The van der Waals surface area contributed by atoms with Crippen molar-refractivity contribution in [3.8, 4) is 5.69 Å². The number of carbonyl (C=O) groups is 1. The monoisotopic (exact) mass is 461 g/mol. The lowest BCUT2D eigenvalue weighted by Gasteiger charge is -2.33. The minimum atomic E-state index is -0.356. The first-order valence-electron chi connectivity index (χ1n) is 12.3. The largest absolute Gasteiger partial charge is 0.333 e. The van der Waals surface area contributed by atoms with Gasteiger partial charge in [-0.25, -0.2) is 4.98 Å². The van der Waals surface area contributed by atoms with E-state index in [4.69, 9.17) is 4.98 Å². The molecule has 1 amide bonds. The third-order valence-corrected chi connectivity index (χ3v) is 6.20. The SMILES string of the molecule is Cc1ccc(C)c(-n2c(C(C)N(CCC(C)C)C(=O)CC(C)(C)C)nc3ccccc3c2=O)c1. The standard InChI is InChI=1S/C29H39N3O2/c1-19(2)15-16-31(26(33)18-29(6,7)8)22(5)27-30-24-12-10-9-11-23(24)28(34)32(27)25-17-20(3)13-14-21(25)4/h9-14,17,19,22H,15-16,18H2,1-8H3. The Morgan fingerprint density at radius 1 is 1.06 bits per heavy atom. The summed E-state index contributed by atoms with van der Waals surface area (Å²) in [7, 11) is 0. The van der Waals surface area contributed by atoms with Gasteiger partial charge in [0, 0.05) is 13.0 Å². The van der Waals surface area contributed by atoms with E-state index in [1.165, 1.54) is 0 Å². The van der Waals surface area contributed by atoms with E-state index in [0.29, 0.717) is 35.6 Å². The molecule has 0 N–H and O–H groups in total. The second-order valence-electron chi connectivity index (χ2n) is 11.1. The predicted molar refractivity (Wildman–Crippen MR) is 140 cm³/mol. The van der Waals surface area contributed by atoms with Crippen molar-refractivity contribution in [2.24, 2.45) is 11.3 Å². The Labute approximate surface area is 203 Å². The molecular weight excluding hydrogens is 422 g/mol. The maximum atomic E-state index is 13.8. The highest BCUT2D eigenvalue weighted by Gasteiger charge is 2.29. The summed E-state index contributed by atoms with van der Waals surface area (Å²) in [6, 6.07) is 13.2. The first-order valence-corrected chi connectivity index (χ1v) is 12.3. The number of aromatic nitrogens is 2. The molecule has 3 rings (SSSR count). The predicted octanol–water partition coefficient (Wildman–Crippen LogP) is 6.37. The van der Waals surface area contributed by atoms with Gasteiger partial charge in [0.05, 0.1) is 22.6 Å². The van der Waals surface area contributed by atoms with E-state index < -0.39 is 0 Å². The molecular formula is C29H39N3O2. The Morgan fingerprint density at radius 3 is 2.38 bits per heavy atom. The lowest BCUT2D eigenvalue weighted by atomic mass is 9.91. The Kier molecular flexibility index (Phi) is 7.64. The molecule has 2 aromatic carbocycles. The fourth-order valence-corrected chi connectivity index (χ4v) is 4.25. The van der Waals surface area contributed by atoms with Crippen molar-refractivity contribution in [2.45, 2.75) is 74.3 Å². The van der Waals surface area contributed by atoms with Gasteiger partial charge in [-0.2, -0.15) is 0 Å². The van der Waals surface area contributed by atoms with Crippen LogP contribution in [0.2, 0.25) is 0 Å². The molecule has 3 aromatic rings. The van der Waals surface area contributed by atoms with Crippen LogP contribution in [0.15, 0.2) is 47.3 Å². The first kappa shape index (κ1) is 25.7. The number of para-hydroxylation sites is 1. The molecule has 5 heteroatoms. The van der Waals surface area contributed by atoms with Crippen LogP contribution in [0.25, 0.3) is 16.6 Å². The molecule has 1 unspecified atom stereocenters. The quantitative estimate of drug-likeness (QED) is 0.410. The Balaban J connectivity index is 2.25. The zero-order valence-corrected chi connectivity index (χ0v) is 22.0. The molecule has 1 heterocycles. The summed E-state index contributed by atoms with van der Waals surface area (Å²) in [5.41, 5.74) is 3.30. The van der Waals surface area contributed by atoms with Crippen molar-refractivity contribution in [3.05, 3.63) is 69.8 Å². The maximum absolute atomic E-state index is 13.8. The van der Waals surface area contributed by atoms with Crippen LogP contribution in [-0.4, -0.2) is 26.9 Å². The number of fused-ring (bicyclic) bond motifs is 1. The van der Waals surface area contributed by atoms with E-state index in [0.717, 1.165) is 23.2 Å². The van der Waals surface area contributed by atoms with Crippen molar-refractivity contribution < 1.29 is 4.79 Å².